The van der Waals surface area contributed by atoms with Crippen molar-refractivity contribution in [3.8, 4) is 0 Å². The quantitative estimate of drug-likeness (QED) is 0.874. The highest BCUT2D eigenvalue weighted by Crippen LogP contribution is 2.08. The normalized spacial score (nSPS) is 10.6. The number of benzene rings is 1. The number of nitrogens with one attached hydrogen (secondary N) is 1. The summed E-state index contributed by atoms with van der Waals surface area (Å²) in [4.78, 5) is 11.4. The van der Waals surface area contributed by atoms with Gasteiger partial charge in [0.2, 0.25) is 5.91 Å². The maximum atomic E-state index is 12.8. The number of amides is 1. The highest BCUT2D eigenvalue weighted by Gasteiger charge is 2.21. The highest BCUT2D eigenvalue weighted by atomic mass is 35.5. The summed E-state index contributed by atoms with van der Waals surface area (Å²) in [7, 11) is 0. The number of nitrogens with two attached hydrogens (primary N) is 1. The van der Waals surface area contributed by atoms with Crippen molar-refractivity contribution in [2.75, 3.05) is 0 Å². The summed E-state index contributed by atoms with van der Waals surface area (Å²) >= 11 is 0. The van der Waals surface area contributed by atoms with Crippen molar-refractivity contribution in [3.05, 3.63) is 35.4 Å². The molecule has 1 aromatic carbocycles. The number of hydrogen-bond acceptors (Lipinski definition) is 2. The molecule has 0 fully saturated rings. The lowest BCUT2D eigenvalue weighted by Gasteiger charge is -2.17. The van der Waals surface area contributed by atoms with Crippen LogP contribution in [-0.4, -0.2) is 11.4 Å². The van der Waals surface area contributed by atoms with Crippen LogP contribution in [0.5, 0.6) is 0 Å². The Balaban J connectivity index is 0.00000256. The molecule has 0 atom stereocenters. The molecular weight excluding hydrogens is 250 g/mol. The maximum absolute atomic E-state index is 12.8. The molecule has 6 heteroatoms. The standard InChI is InChI=1S/C11H14F2N2O.ClH/c1-11(2,14)10(16)15-6-7-3-4-8(12)9(13)5-7;/h3-5H,6,14H2,1-2H3,(H,15,16);1H. The summed E-state index contributed by atoms with van der Waals surface area (Å²) < 4.78 is 25.4. The van der Waals surface area contributed by atoms with Crippen molar-refractivity contribution in [1.82, 2.24) is 5.32 Å². The SMILES string of the molecule is CC(C)(N)C(=O)NCc1ccc(F)c(F)c1.Cl. The molecule has 3 nitrogen and oxygen atoms in total. The summed E-state index contributed by atoms with van der Waals surface area (Å²) in [5.74, 6) is -2.19. The minimum absolute atomic E-state index is 0. The van der Waals surface area contributed by atoms with Crippen LogP contribution in [0.25, 0.3) is 0 Å². The van der Waals surface area contributed by atoms with Crippen LogP contribution in [0.15, 0.2) is 18.2 Å². The third-order valence-corrected chi connectivity index (χ3v) is 2.02. The maximum Gasteiger partial charge on any atom is 0.239 e. The Labute approximate surface area is 105 Å². The molecule has 96 valence electrons. The molecule has 0 aliphatic carbocycles. The van der Waals surface area contributed by atoms with Gasteiger partial charge in [0.25, 0.3) is 0 Å². The smallest absolute Gasteiger partial charge is 0.239 e. The molecule has 0 radical (unpaired) electrons. The van der Waals surface area contributed by atoms with Crippen molar-refractivity contribution in [1.29, 1.82) is 0 Å². The van der Waals surface area contributed by atoms with E-state index in [0.717, 1.165) is 12.1 Å². The van der Waals surface area contributed by atoms with E-state index < -0.39 is 17.2 Å². The second-order valence-corrected chi connectivity index (χ2v) is 4.15. The van der Waals surface area contributed by atoms with E-state index in [1.54, 1.807) is 13.8 Å². The topological polar surface area (TPSA) is 55.1 Å². The molecule has 1 rings (SSSR count). The summed E-state index contributed by atoms with van der Waals surface area (Å²) in [5, 5.41) is 2.53. The molecule has 0 heterocycles. The van der Waals surface area contributed by atoms with E-state index in [2.05, 4.69) is 5.32 Å². The first-order valence-electron chi connectivity index (χ1n) is 4.82. The van der Waals surface area contributed by atoms with E-state index in [0.29, 0.717) is 5.56 Å². The first kappa shape index (κ1) is 15.8. The van der Waals surface area contributed by atoms with E-state index in [9.17, 15) is 13.6 Å². The minimum Gasteiger partial charge on any atom is -0.350 e. The molecule has 0 bridgehead atoms. The van der Waals surface area contributed by atoms with Gasteiger partial charge in [-0.05, 0) is 31.5 Å². The molecule has 1 aromatic rings. The summed E-state index contributed by atoms with van der Waals surface area (Å²) in [6, 6.07) is 3.46. The van der Waals surface area contributed by atoms with Crippen LogP contribution in [0.2, 0.25) is 0 Å². The number of hydrogen-bond donors (Lipinski definition) is 2. The van der Waals surface area contributed by atoms with E-state index in [1.165, 1.54) is 6.07 Å². The first-order valence-corrected chi connectivity index (χ1v) is 4.82. The van der Waals surface area contributed by atoms with Gasteiger partial charge < -0.3 is 11.1 Å². The zero-order chi connectivity index (χ0) is 12.3. The van der Waals surface area contributed by atoms with Gasteiger partial charge >= 0.3 is 0 Å². The molecule has 0 unspecified atom stereocenters. The number of rotatable bonds is 3. The predicted molar refractivity (Wildman–Crippen MR) is 63.7 cm³/mol. The van der Waals surface area contributed by atoms with Gasteiger partial charge in [0, 0.05) is 6.54 Å². The zero-order valence-electron chi connectivity index (χ0n) is 9.59. The third-order valence-electron chi connectivity index (χ3n) is 2.02. The fraction of sp³-hybridized carbons (Fsp3) is 0.364. The van der Waals surface area contributed by atoms with Crippen LogP contribution < -0.4 is 11.1 Å². The number of halogens is 3. The third kappa shape index (κ3) is 4.66. The summed E-state index contributed by atoms with van der Waals surface area (Å²) in [6.45, 7) is 3.25. The fourth-order valence-electron chi connectivity index (χ4n) is 1.06. The summed E-state index contributed by atoms with van der Waals surface area (Å²) in [5.41, 5.74) is 5.05. The lowest BCUT2D eigenvalue weighted by Crippen LogP contribution is -2.48. The minimum atomic E-state index is -0.988. The Bertz CT molecular complexity index is 405. The highest BCUT2D eigenvalue weighted by molar-refractivity contribution is 5.85. The molecule has 1 amide bonds. The first-order chi connectivity index (χ1) is 7.30. The van der Waals surface area contributed by atoms with Crippen molar-refractivity contribution in [2.45, 2.75) is 25.9 Å². The monoisotopic (exact) mass is 264 g/mol. The van der Waals surface area contributed by atoms with Gasteiger partial charge in [-0.15, -0.1) is 12.4 Å². The molecule has 0 aliphatic rings. The second-order valence-electron chi connectivity index (χ2n) is 4.15. The van der Waals surface area contributed by atoms with Gasteiger partial charge in [0.05, 0.1) is 5.54 Å². The van der Waals surface area contributed by atoms with Crippen molar-refractivity contribution in [2.24, 2.45) is 5.73 Å². The predicted octanol–water partition coefficient (Wildman–Crippen LogP) is 1.74. The Morgan fingerprint density at radius 2 is 1.94 bits per heavy atom. The Hall–Kier alpha value is -1.20. The van der Waals surface area contributed by atoms with Crippen LogP contribution in [-0.2, 0) is 11.3 Å². The van der Waals surface area contributed by atoms with Gasteiger partial charge in [-0.3, -0.25) is 4.79 Å². The Kier molecular flexibility index (Phi) is 5.51. The van der Waals surface area contributed by atoms with E-state index in [-0.39, 0.29) is 24.9 Å². The molecule has 0 saturated heterocycles. The largest absolute Gasteiger partial charge is 0.350 e. The molecular formula is C11H15ClF2N2O. The summed E-state index contributed by atoms with van der Waals surface area (Å²) in [6.07, 6.45) is 0. The van der Waals surface area contributed by atoms with Crippen LogP contribution in [0.3, 0.4) is 0 Å². The van der Waals surface area contributed by atoms with Gasteiger partial charge in [-0.2, -0.15) is 0 Å². The molecule has 0 aliphatic heterocycles. The lowest BCUT2D eigenvalue weighted by atomic mass is 10.1. The Morgan fingerprint density at radius 3 is 2.41 bits per heavy atom. The van der Waals surface area contributed by atoms with Gasteiger partial charge in [-0.25, -0.2) is 8.78 Å². The number of carbonyl (C=O) groups is 1. The second kappa shape index (κ2) is 5.93. The molecule has 0 saturated carbocycles. The van der Waals surface area contributed by atoms with Crippen LogP contribution in [0.4, 0.5) is 8.78 Å². The van der Waals surface area contributed by atoms with E-state index >= 15 is 0 Å². The molecule has 0 spiro atoms. The Morgan fingerprint density at radius 1 is 1.35 bits per heavy atom. The lowest BCUT2D eigenvalue weighted by molar-refractivity contribution is -0.125. The van der Waals surface area contributed by atoms with Crippen LogP contribution >= 0.6 is 12.4 Å². The van der Waals surface area contributed by atoms with Gasteiger partial charge in [0.15, 0.2) is 11.6 Å². The van der Waals surface area contributed by atoms with Crippen molar-refractivity contribution in [3.63, 3.8) is 0 Å². The molecule has 17 heavy (non-hydrogen) atoms. The van der Waals surface area contributed by atoms with E-state index in [1.807, 2.05) is 0 Å². The number of carbonyl (C=O) groups excluding carboxylic acids is 1. The average Bonchev–Trinajstić information content (AvgIpc) is 2.18. The zero-order valence-corrected chi connectivity index (χ0v) is 10.4. The van der Waals surface area contributed by atoms with Crippen LogP contribution in [0, 0.1) is 11.6 Å². The fourth-order valence-corrected chi connectivity index (χ4v) is 1.06. The van der Waals surface area contributed by atoms with Crippen molar-refractivity contribution < 1.29 is 13.6 Å². The molecule has 3 N–H and O–H groups in total. The van der Waals surface area contributed by atoms with Crippen LogP contribution in [0.1, 0.15) is 19.4 Å². The van der Waals surface area contributed by atoms with E-state index in [4.69, 9.17) is 5.73 Å². The van der Waals surface area contributed by atoms with Gasteiger partial charge in [-0.1, -0.05) is 6.07 Å². The van der Waals surface area contributed by atoms with Crippen molar-refractivity contribution >= 4 is 18.3 Å². The molecule has 0 aromatic heterocycles. The average molecular weight is 265 g/mol. The van der Waals surface area contributed by atoms with Gasteiger partial charge in [0.1, 0.15) is 0 Å².